The Morgan fingerprint density at radius 1 is 1.22 bits per heavy atom. The molecule has 0 heterocycles. The average Bonchev–Trinajstić information content (AvgIpc) is 2.34. The van der Waals surface area contributed by atoms with Crippen LogP contribution in [0.15, 0.2) is 46.9 Å². The maximum atomic E-state index is 12.0. The molecule has 0 unspecified atom stereocenters. The maximum Gasteiger partial charge on any atom is 0.256 e. The summed E-state index contributed by atoms with van der Waals surface area (Å²) in [4.78, 5) is 12.0. The van der Waals surface area contributed by atoms with E-state index in [4.69, 9.17) is 17.3 Å². The molecule has 0 saturated heterocycles. The Morgan fingerprint density at radius 3 is 2.61 bits per heavy atom. The van der Waals surface area contributed by atoms with E-state index in [1.165, 1.54) is 0 Å². The normalized spacial score (nSPS) is 10.1. The number of carbonyl (C=O) groups is 1. The highest BCUT2D eigenvalue weighted by Crippen LogP contribution is 2.24. The summed E-state index contributed by atoms with van der Waals surface area (Å²) in [6.07, 6.45) is 0. The van der Waals surface area contributed by atoms with E-state index in [1.807, 2.05) is 12.1 Å². The number of halogens is 2. The van der Waals surface area contributed by atoms with Crippen molar-refractivity contribution < 1.29 is 4.79 Å². The van der Waals surface area contributed by atoms with Crippen LogP contribution in [0.5, 0.6) is 0 Å². The van der Waals surface area contributed by atoms with Crippen LogP contribution < -0.4 is 11.1 Å². The van der Waals surface area contributed by atoms with Crippen molar-refractivity contribution in [3.63, 3.8) is 0 Å². The number of amides is 1. The lowest BCUT2D eigenvalue weighted by Crippen LogP contribution is -2.12. The molecule has 3 nitrogen and oxygen atoms in total. The second-order valence-electron chi connectivity index (χ2n) is 3.67. The number of hydrogen-bond acceptors (Lipinski definition) is 2. The van der Waals surface area contributed by atoms with Gasteiger partial charge in [-0.2, -0.15) is 0 Å². The van der Waals surface area contributed by atoms with E-state index in [0.29, 0.717) is 22.0 Å². The van der Waals surface area contributed by atoms with E-state index in [1.54, 1.807) is 30.3 Å². The summed E-state index contributed by atoms with van der Waals surface area (Å²) >= 11 is 9.22. The van der Waals surface area contributed by atoms with Crippen molar-refractivity contribution in [2.45, 2.75) is 0 Å². The van der Waals surface area contributed by atoms with Crippen molar-refractivity contribution >= 4 is 44.8 Å². The molecule has 0 aromatic heterocycles. The van der Waals surface area contributed by atoms with Gasteiger partial charge in [-0.15, -0.1) is 0 Å². The highest BCUT2D eigenvalue weighted by molar-refractivity contribution is 9.10. The molecule has 0 fully saturated rings. The number of anilines is 2. The van der Waals surface area contributed by atoms with Crippen LogP contribution in [-0.2, 0) is 0 Å². The molecule has 2 rings (SSSR count). The molecular weight excluding hydrogens is 316 g/mol. The summed E-state index contributed by atoms with van der Waals surface area (Å²) in [5.41, 5.74) is 7.25. The highest BCUT2D eigenvalue weighted by Gasteiger charge is 2.09. The van der Waals surface area contributed by atoms with Crippen LogP contribution >= 0.6 is 27.5 Å². The van der Waals surface area contributed by atoms with Crippen molar-refractivity contribution in [3.05, 3.63) is 57.5 Å². The first-order valence-electron chi connectivity index (χ1n) is 5.19. The van der Waals surface area contributed by atoms with Gasteiger partial charge in [0.2, 0.25) is 0 Å². The third-order valence-corrected chi connectivity index (χ3v) is 3.40. The molecule has 2 aromatic rings. The molecule has 0 aliphatic rings. The Hall–Kier alpha value is -1.52. The topological polar surface area (TPSA) is 55.1 Å². The third-order valence-electron chi connectivity index (χ3n) is 2.38. The van der Waals surface area contributed by atoms with Crippen molar-refractivity contribution in [1.82, 2.24) is 0 Å². The fourth-order valence-electron chi connectivity index (χ4n) is 1.45. The molecule has 0 saturated carbocycles. The zero-order valence-corrected chi connectivity index (χ0v) is 11.6. The number of hydrogen-bond donors (Lipinski definition) is 2. The Kier molecular flexibility index (Phi) is 3.89. The van der Waals surface area contributed by atoms with Gasteiger partial charge < -0.3 is 11.1 Å². The Morgan fingerprint density at radius 2 is 1.94 bits per heavy atom. The fraction of sp³-hybridized carbons (Fsp3) is 0. The van der Waals surface area contributed by atoms with Crippen LogP contribution in [0, 0.1) is 0 Å². The number of nitrogens with two attached hydrogens (primary N) is 1. The molecule has 18 heavy (non-hydrogen) atoms. The van der Waals surface area contributed by atoms with Crippen LogP contribution in [0.2, 0.25) is 5.02 Å². The van der Waals surface area contributed by atoms with Crippen molar-refractivity contribution in [3.8, 4) is 0 Å². The van der Waals surface area contributed by atoms with Gasteiger partial charge in [-0.05, 0) is 46.3 Å². The number of nitrogen functional groups attached to an aromatic ring is 1. The summed E-state index contributed by atoms with van der Waals surface area (Å²) in [5.74, 6) is -0.205. The van der Waals surface area contributed by atoms with Gasteiger partial charge >= 0.3 is 0 Å². The minimum atomic E-state index is -0.205. The lowest BCUT2D eigenvalue weighted by Gasteiger charge is -2.08. The third kappa shape index (κ3) is 2.83. The first-order valence-corrected chi connectivity index (χ1v) is 6.36. The predicted octanol–water partition coefficient (Wildman–Crippen LogP) is 3.94. The van der Waals surface area contributed by atoms with Gasteiger partial charge in [-0.1, -0.05) is 23.7 Å². The Labute approximate surface area is 118 Å². The van der Waals surface area contributed by atoms with E-state index < -0.39 is 0 Å². The molecular formula is C13H10BrClN2O. The molecule has 0 spiro atoms. The average molecular weight is 326 g/mol. The van der Waals surface area contributed by atoms with Crippen LogP contribution in [-0.4, -0.2) is 5.91 Å². The lowest BCUT2D eigenvalue weighted by molar-refractivity contribution is 0.102. The lowest BCUT2D eigenvalue weighted by atomic mass is 10.2. The van der Waals surface area contributed by atoms with Gasteiger partial charge in [0.05, 0.1) is 16.3 Å². The molecule has 1 amide bonds. The van der Waals surface area contributed by atoms with Crippen LogP contribution in [0.25, 0.3) is 0 Å². The van der Waals surface area contributed by atoms with Crippen LogP contribution in [0.3, 0.4) is 0 Å². The highest BCUT2D eigenvalue weighted by atomic mass is 79.9. The monoisotopic (exact) mass is 324 g/mol. The molecule has 0 radical (unpaired) electrons. The summed E-state index contributed by atoms with van der Waals surface area (Å²) < 4.78 is 0.740. The second-order valence-corrected chi connectivity index (χ2v) is 4.93. The number of benzene rings is 2. The van der Waals surface area contributed by atoms with Gasteiger partial charge in [0.25, 0.3) is 5.91 Å². The summed E-state index contributed by atoms with van der Waals surface area (Å²) in [6, 6.07) is 12.2. The standard InChI is InChI=1S/C13H10BrClN2O/c14-10-4-2-1-3-9(10)13(18)17-8-5-6-12(16)11(15)7-8/h1-7H,16H2,(H,17,18). The molecule has 5 heteroatoms. The van der Waals surface area contributed by atoms with Gasteiger partial charge in [0, 0.05) is 10.2 Å². The van der Waals surface area contributed by atoms with Gasteiger partial charge in [0.15, 0.2) is 0 Å². The van der Waals surface area contributed by atoms with E-state index in [-0.39, 0.29) is 5.91 Å². The minimum absolute atomic E-state index is 0.205. The van der Waals surface area contributed by atoms with Crippen LogP contribution in [0.4, 0.5) is 11.4 Å². The van der Waals surface area contributed by atoms with E-state index in [0.717, 1.165) is 4.47 Å². The number of rotatable bonds is 2. The minimum Gasteiger partial charge on any atom is -0.398 e. The van der Waals surface area contributed by atoms with Crippen molar-refractivity contribution in [2.24, 2.45) is 0 Å². The molecule has 92 valence electrons. The fourth-order valence-corrected chi connectivity index (χ4v) is 2.09. The molecule has 0 atom stereocenters. The second kappa shape index (κ2) is 5.42. The predicted molar refractivity (Wildman–Crippen MR) is 78.0 cm³/mol. The summed E-state index contributed by atoms with van der Waals surface area (Å²) in [7, 11) is 0. The zero-order valence-electron chi connectivity index (χ0n) is 9.28. The SMILES string of the molecule is Nc1ccc(NC(=O)c2ccccc2Br)cc1Cl. The number of nitrogens with one attached hydrogen (secondary N) is 1. The Balaban J connectivity index is 2.22. The summed E-state index contributed by atoms with van der Waals surface area (Å²) in [5, 5.41) is 3.17. The number of carbonyl (C=O) groups excluding carboxylic acids is 1. The summed E-state index contributed by atoms with van der Waals surface area (Å²) in [6.45, 7) is 0. The molecule has 0 bridgehead atoms. The quantitative estimate of drug-likeness (QED) is 0.822. The Bertz CT molecular complexity index is 601. The van der Waals surface area contributed by atoms with E-state index in [2.05, 4.69) is 21.2 Å². The van der Waals surface area contributed by atoms with E-state index >= 15 is 0 Å². The van der Waals surface area contributed by atoms with Gasteiger partial charge in [0.1, 0.15) is 0 Å². The van der Waals surface area contributed by atoms with E-state index in [9.17, 15) is 4.79 Å². The molecule has 3 N–H and O–H groups in total. The molecule has 0 aliphatic carbocycles. The first kappa shape index (κ1) is 12.9. The maximum absolute atomic E-state index is 12.0. The molecule has 2 aromatic carbocycles. The van der Waals surface area contributed by atoms with Gasteiger partial charge in [-0.25, -0.2) is 0 Å². The molecule has 0 aliphatic heterocycles. The largest absolute Gasteiger partial charge is 0.398 e. The first-order chi connectivity index (χ1) is 8.58. The van der Waals surface area contributed by atoms with Crippen molar-refractivity contribution in [1.29, 1.82) is 0 Å². The van der Waals surface area contributed by atoms with Crippen LogP contribution in [0.1, 0.15) is 10.4 Å². The smallest absolute Gasteiger partial charge is 0.256 e. The van der Waals surface area contributed by atoms with Crippen molar-refractivity contribution in [2.75, 3.05) is 11.1 Å². The van der Waals surface area contributed by atoms with Gasteiger partial charge in [-0.3, -0.25) is 4.79 Å². The zero-order chi connectivity index (χ0) is 13.1.